The van der Waals surface area contributed by atoms with Crippen molar-refractivity contribution in [3.8, 4) is 11.5 Å². The second-order valence-corrected chi connectivity index (χ2v) is 8.73. The number of benzene rings is 2. The molecule has 11 heteroatoms. The standard InChI is InChI=1S/C25H21FN8O2/c1-32-9-8-20(31-32)23-29-28-22-14-33(10-11-34(22)23)25(36)18-12-15(6-7-19(18)26)13-21-16-4-2-3-5-17(16)24(35)30-27-21/h2-9,12H,10-11,13-14H2,1H3,(H,30,35). The van der Waals surface area contributed by atoms with Gasteiger partial charge in [-0.15, -0.1) is 10.2 Å². The monoisotopic (exact) mass is 484 g/mol. The fourth-order valence-electron chi connectivity index (χ4n) is 4.57. The largest absolute Gasteiger partial charge is 0.329 e. The maximum Gasteiger partial charge on any atom is 0.272 e. The Labute approximate surface area is 204 Å². The molecule has 3 aromatic heterocycles. The number of aryl methyl sites for hydroxylation is 1. The lowest BCUT2D eigenvalue weighted by molar-refractivity contribution is 0.0703. The summed E-state index contributed by atoms with van der Waals surface area (Å²) >= 11 is 0. The van der Waals surface area contributed by atoms with E-state index >= 15 is 0 Å². The Bertz CT molecular complexity index is 1690. The van der Waals surface area contributed by atoms with Gasteiger partial charge in [-0.25, -0.2) is 9.49 Å². The van der Waals surface area contributed by atoms with Crippen molar-refractivity contribution in [2.75, 3.05) is 6.54 Å². The first-order valence-corrected chi connectivity index (χ1v) is 11.4. The molecule has 36 heavy (non-hydrogen) atoms. The zero-order valence-corrected chi connectivity index (χ0v) is 19.3. The van der Waals surface area contributed by atoms with Gasteiger partial charge in [0.1, 0.15) is 11.5 Å². The number of fused-ring (bicyclic) bond motifs is 2. The number of nitrogens with one attached hydrogen (secondary N) is 1. The summed E-state index contributed by atoms with van der Waals surface area (Å²) in [6.07, 6.45) is 2.16. The zero-order valence-electron chi connectivity index (χ0n) is 19.3. The molecule has 1 N–H and O–H groups in total. The molecule has 5 aromatic rings. The molecule has 0 atom stereocenters. The number of hydrogen-bond acceptors (Lipinski definition) is 6. The highest BCUT2D eigenvalue weighted by molar-refractivity contribution is 5.94. The van der Waals surface area contributed by atoms with E-state index in [2.05, 4.69) is 25.5 Å². The maximum atomic E-state index is 14.8. The van der Waals surface area contributed by atoms with Crippen LogP contribution in [-0.4, -0.2) is 52.1 Å². The molecule has 0 unspecified atom stereocenters. The third-order valence-corrected chi connectivity index (χ3v) is 6.39. The molecule has 180 valence electrons. The predicted octanol–water partition coefficient (Wildman–Crippen LogP) is 2.30. The number of hydrogen-bond donors (Lipinski definition) is 1. The van der Waals surface area contributed by atoms with E-state index in [1.54, 1.807) is 33.8 Å². The smallest absolute Gasteiger partial charge is 0.272 e. The minimum atomic E-state index is -0.593. The Kier molecular flexibility index (Phi) is 5.17. The molecule has 6 rings (SSSR count). The number of rotatable bonds is 4. The highest BCUT2D eigenvalue weighted by Crippen LogP contribution is 2.23. The molecule has 0 aliphatic carbocycles. The maximum absolute atomic E-state index is 14.8. The summed E-state index contributed by atoms with van der Waals surface area (Å²) in [5.41, 5.74) is 1.77. The Hall–Kier alpha value is -4.67. The highest BCUT2D eigenvalue weighted by Gasteiger charge is 2.28. The minimum Gasteiger partial charge on any atom is -0.329 e. The van der Waals surface area contributed by atoms with Gasteiger partial charge in [0.25, 0.3) is 11.5 Å². The Morgan fingerprint density at radius 3 is 2.72 bits per heavy atom. The summed E-state index contributed by atoms with van der Waals surface area (Å²) < 4.78 is 18.4. The topological polar surface area (TPSA) is 115 Å². The van der Waals surface area contributed by atoms with Crippen LogP contribution in [0.15, 0.2) is 59.5 Å². The van der Waals surface area contributed by atoms with Crippen LogP contribution in [0.3, 0.4) is 0 Å². The average molecular weight is 484 g/mol. The first kappa shape index (κ1) is 21.8. The fraction of sp³-hybridized carbons (Fsp3) is 0.200. The quantitative estimate of drug-likeness (QED) is 0.419. The van der Waals surface area contributed by atoms with Gasteiger partial charge >= 0.3 is 0 Å². The first-order chi connectivity index (χ1) is 17.5. The van der Waals surface area contributed by atoms with Crippen LogP contribution in [-0.2, 0) is 26.6 Å². The van der Waals surface area contributed by atoms with Crippen molar-refractivity contribution < 1.29 is 9.18 Å². The van der Waals surface area contributed by atoms with Crippen molar-refractivity contribution in [3.05, 3.63) is 93.5 Å². The molecule has 0 saturated carbocycles. The molecule has 1 aliphatic heterocycles. The zero-order chi connectivity index (χ0) is 24.8. The lowest BCUT2D eigenvalue weighted by atomic mass is 10.0. The van der Waals surface area contributed by atoms with E-state index in [0.29, 0.717) is 53.5 Å². The van der Waals surface area contributed by atoms with Crippen molar-refractivity contribution in [1.82, 2.24) is 39.6 Å². The van der Waals surface area contributed by atoms with Crippen molar-refractivity contribution in [2.45, 2.75) is 19.5 Å². The third-order valence-electron chi connectivity index (χ3n) is 6.39. The molecule has 10 nitrogen and oxygen atoms in total. The number of aromatic amines is 1. The lowest BCUT2D eigenvalue weighted by Gasteiger charge is -2.28. The summed E-state index contributed by atoms with van der Waals surface area (Å²) in [5, 5.41) is 20.8. The number of carbonyl (C=O) groups is 1. The number of halogens is 1. The van der Waals surface area contributed by atoms with Gasteiger partial charge in [0.2, 0.25) is 0 Å². The van der Waals surface area contributed by atoms with Gasteiger partial charge in [-0.1, -0.05) is 24.3 Å². The van der Waals surface area contributed by atoms with Crippen LogP contribution < -0.4 is 5.56 Å². The first-order valence-electron chi connectivity index (χ1n) is 11.4. The number of aromatic nitrogens is 7. The van der Waals surface area contributed by atoms with E-state index < -0.39 is 11.7 Å². The molecule has 4 heterocycles. The molecule has 0 spiro atoms. The van der Waals surface area contributed by atoms with Crippen LogP contribution in [0.2, 0.25) is 0 Å². The van der Waals surface area contributed by atoms with Crippen LogP contribution in [0.4, 0.5) is 4.39 Å². The normalized spacial score (nSPS) is 13.2. The molecule has 0 fully saturated rings. The number of nitrogens with zero attached hydrogens (tertiary/aromatic N) is 7. The Morgan fingerprint density at radius 1 is 1.08 bits per heavy atom. The molecule has 0 bridgehead atoms. The number of carbonyl (C=O) groups excluding carboxylic acids is 1. The second kappa shape index (κ2) is 8.52. The van der Waals surface area contributed by atoms with Crippen LogP contribution in [0, 0.1) is 5.82 Å². The van der Waals surface area contributed by atoms with E-state index in [9.17, 15) is 14.0 Å². The molecule has 1 aliphatic rings. The van der Waals surface area contributed by atoms with Gasteiger partial charge in [0.15, 0.2) is 11.6 Å². The fourth-order valence-corrected chi connectivity index (χ4v) is 4.57. The Morgan fingerprint density at radius 2 is 1.92 bits per heavy atom. The van der Waals surface area contributed by atoms with Crippen LogP contribution in [0.5, 0.6) is 0 Å². The van der Waals surface area contributed by atoms with Crippen LogP contribution in [0.25, 0.3) is 22.3 Å². The summed E-state index contributed by atoms with van der Waals surface area (Å²) in [5.74, 6) is 0.258. The molecular formula is C25H21FN8O2. The third kappa shape index (κ3) is 3.74. The van der Waals surface area contributed by atoms with Gasteiger partial charge in [-0.2, -0.15) is 10.2 Å². The predicted molar refractivity (Wildman–Crippen MR) is 129 cm³/mol. The van der Waals surface area contributed by atoms with Crippen LogP contribution in [0.1, 0.15) is 27.4 Å². The Balaban J connectivity index is 1.26. The van der Waals surface area contributed by atoms with E-state index in [0.717, 1.165) is 5.39 Å². The minimum absolute atomic E-state index is 0.0147. The van der Waals surface area contributed by atoms with Crippen molar-refractivity contribution in [3.63, 3.8) is 0 Å². The summed E-state index contributed by atoms with van der Waals surface area (Å²) in [6, 6.07) is 13.5. The van der Waals surface area contributed by atoms with Crippen molar-refractivity contribution in [1.29, 1.82) is 0 Å². The number of amides is 1. The summed E-state index contributed by atoms with van der Waals surface area (Å²) in [6.45, 7) is 1.09. The summed E-state index contributed by atoms with van der Waals surface area (Å²) in [7, 11) is 1.83. The van der Waals surface area contributed by atoms with E-state index in [-0.39, 0.29) is 17.7 Å². The van der Waals surface area contributed by atoms with E-state index in [1.807, 2.05) is 36.0 Å². The molecule has 1 amide bonds. The van der Waals surface area contributed by atoms with Crippen LogP contribution >= 0.6 is 0 Å². The highest BCUT2D eigenvalue weighted by atomic mass is 19.1. The molecule has 0 radical (unpaired) electrons. The van der Waals surface area contributed by atoms with Crippen molar-refractivity contribution in [2.24, 2.45) is 7.05 Å². The number of H-pyrrole nitrogens is 1. The summed E-state index contributed by atoms with van der Waals surface area (Å²) in [4.78, 5) is 27.0. The van der Waals surface area contributed by atoms with Gasteiger partial charge in [0.05, 0.1) is 23.2 Å². The van der Waals surface area contributed by atoms with Gasteiger partial charge in [0, 0.05) is 38.1 Å². The second-order valence-electron chi connectivity index (χ2n) is 8.73. The SMILES string of the molecule is Cn1ccc(-c2nnc3n2CCN(C(=O)c2cc(Cc4n[nH]c(=O)c5ccccc45)ccc2F)C3)n1. The van der Waals surface area contributed by atoms with Gasteiger partial charge in [-0.05, 0) is 29.8 Å². The van der Waals surface area contributed by atoms with Gasteiger partial charge < -0.3 is 9.47 Å². The molecule has 0 saturated heterocycles. The molecular weight excluding hydrogens is 463 g/mol. The average Bonchev–Trinajstić information content (AvgIpc) is 3.52. The van der Waals surface area contributed by atoms with E-state index in [1.165, 1.54) is 6.07 Å². The van der Waals surface area contributed by atoms with Crippen molar-refractivity contribution >= 4 is 16.7 Å². The molecule has 2 aromatic carbocycles. The van der Waals surface area contributed by atoms with E-state index in [4.69, 9.17) is 0 Å². The van der Waals surface area contributed by atoms with Gasteiger partial charge in [-0.3, -0.25) is 14.3 Å². The lowest BCUT2D eigenvalue weighted by Crippen LogP contribution is -2.39.